The monoisotopic (exact) mass is 265 g/mol. The second-order valence-corrected chi connectivity index (χ2v) is 4.85. The lowest BCUT2D eigenvalue weighted by Gasteiger charge is -2.27. The zero-order valence-electron chi connectivity index (χ0n) is 10.5. The molecule has 2 aromatic heterocycles. The fourth-order valence-corrected chi connectivity index (χ4v) is 2.53. The van der Waals surface area contributed by atoms with E-state index in [1.165, 1.54) is 17.3 Å². The molecule has 0 saturated heterocycles. The summed E-state index contributed by atoms with van der Waals surface area (Å²) in [5.41, 5.74) is 3.22. The minimum Gasteiger partial charge on any atom is -0.506 e. The third-order valence-electron chi connectivity index (χ3n) is 3.58. The van der Waals surface area contributed by atoms with Gasteiger partial charge in [0.05, 0.1) is 17.7 Å². The summed E-state index contributed by atoms with van der Waals surface area (Å²) in [7, 11) is 0. The van der Waals surface area contributed by atoms with Crippen molar-refractivity contribution in [3.8, 4) is 17.2 Å². The van der Waals surface area contributed by atoms with Crippen molar-refractivity contribution in [1.29, 1.82) is 0 Å². The van der Waals surface area contributed by atoms with E-state index < -0.39 is 0 Å². The minimum atomic E-state index is 0.0799. The molecule has 98 valence electrons. The summed E-state index contributed by atoms with van der Waals surface area (Å²) in [6.45, 7) is 0. The van der Waals surface area contributed by atoms with E-state index in [1.807, 2.05) is 12.1 Å². The average Bonchev–Trinajstić information content (AvgIpc) is 2.90. The van der Waals surface area contributed by atoms with Crippen LogP contribution in [0.1, 0.15) is 22.9 Å². The molecule has 0 amide bonds. The normalized spacial score (nSPS) is 16.5. The van der Waals surface area contributed by atoms with Crippen molar-refractivity contribution in [2.75, 3.05) is 0 Å². The van der Waals surface area contributed by atoms with Crippen LogP contribution < -0.4 is 0 Å². The Bertz CT molecular complexity index is 782. The minimum absolute atomic E-state index is 0.0799. The molecule has 1 N–H and O–H groups in total. The van der Waals surface area contributed by atoms with Crippen LogP contribution in [-0.4, -0.2) is 20.2 Å². The number of benzene rings is 1. The molecule has 0 aliphatic heterocycles. The van der Waals surface area contributed by atoms with E-state index in [2.05, 4.69) is 27.3 Å². The second-order valence-electron chi connectivity index (χ2n) is 4.85. The van der Waals surface area contributed by atoms with Gasteiger partial charge >= 0.3 is 0 Å². The standard InChI is InChI=1S/C15H11N3O2/c19-11-5-10(7-16-8-11)15-17-14(18-20-15)13-6-9-3-1-2-4-12(9)13/h1-5,7-8,13,19H,6H2. The Kier molecular flexibility index (Phi) is 2.32. The Morgan fingerprint density at radius 1 is 1.20 bits per heavy atom. The van der Waals surface area contributed by atoms with E-state index in [1.54, 1.807) is 12.3 Å². The van der Waals surface area contributed by atoms with E-state index in [0.717, 1.165) is 6.42 Å². The Hall–Kier alpha value is -2.69. The molecule has 5 nitrogen and oxygen atoms in total. The first-order valence-electron chi connectivity index (χ1n) is 6.37. The molecule has 1 aliphatic rings. The van der Waals surface area contributed by atoms with Crippen molar-refractivity contribution in [3.05, 3.63) is 59.7 Å². The summed E-state index contributed by atoms with van der Waals surface area (Å²) in [5, 5.41) is 13.5. The quantitative estimate of drug-likeness (QED) is 0.770. The summed E-state index contributed by atoms with van der Waals surface area (Å²) in [5.74, 6) is 1.35. The molecule has 1 aromatic carbocycles. The van der Waals surface area contributed by atoms with E-state index in [9.17, 15) is 5.11 Å². The van der Waals surface area contributed by atoms with Crippen LogP contribution in [0.25, 0.3) is 11.5 Å². The molecular formula is C15H11N3O2. The number of aromatic nitrogens is 3. The van der Waals surface area contributed by atoms with Crippen LogP contribution in [-0.2, 0) is 6.42 Å². The fraction of sp³-hybridized carbons (Fsp3) is 0.133. The highest BCUT2D eigenvalue weighted by Gasteiger charge is 2.31. The fourth-order valence-electron chi connectivity index (χ4n) is 2.53. The summed E-state index contributed by atoms with van der Waals surface area (Å²) < 4.78 is 5.27. The number of rotatable bonds is 2. The van der Waals surface area contributed by atoms with Gasteiger partial charge in [-0.2, -0.15) is 4.98 Å². The van der Waals surface area contributed by atoms with Gasteiger partial charge in [0.2, 0.25) is 0 Å². The third-order valence-corrected chi connectivity index (χ3v) is 3.58. The zero-order chi connectivity index (χ0) is 13.5. The second kappa shape index (κ2) is 4.16. The number of nitrogens with zero attached hydrogens (tertiary/aromatic N) is 3. The largest absolute Gasteiger partial charge is 0.506 e. The van der Waals surface area contributed by atoms with Crippen LogP contribution in [0.4, 0.5) is 0 Å². The summed E-state index contributed by atoms with van der Waals surface area (Å²) in [6.07, 6.45) is 3.89. The number of aromatic hydroxyl groups is 1. The first-order valence-corrected chi connectivity index (χ1v) is 6.37. The summed E-state index contributed by atoms with van der Waals surface area (Å²) in [4.78, 5) is 8.32. The van der Waals surface area contributed by atoms with Crippen LogP contribution >= 0.6 is 0 Å². The number of hydrogen-bond donors (Lipinski definition) is 1. The molecule has 20 heavy (non-hydrogen) atoms. The maximum Gasteiger partial charge on any atom is 0.259 e. The summed E-state index contributed by atoms with van der Waals surface area (Å²) in [6, 6.07) is 9.82. The molecule has 0 spiro atoms. The summed E-state index contributed by atoms with van der Waals surface area (Å²) >= 11 is 0. The van der Waals surface area contributed by atoms with Gasteiger partial charge in [0.25, 0.3) is 5.89 Å². The molecule has 1 atom stereocenters. The Labute approximate surface area is 114 Å². The molecule has 0 saturated carbocycles. The lowest BCUT2D eigenvalue weighted by molar-refractivity contribution is 0.415. The lowest BCUT2D eigenvalue weighted by Crippen LogP contribution is -2.19. The van der Waals surface area contributed by atoms with Crippen LogP contribution in [0.2, 0.25) is 0 Å². The van der Waals surface area contributed by atoms with Gasteiger partial charge in [-0.15, -0.1) is 0 Å². The van der Waals surface area contributed by atoms with Crippen molar-refractivity contribution < 1.29 is 9.63 Å². The first kappa shape index (κ1) is 11.2. The average molecular weight is 265 g/mol. The molecule has 1 aliphatic carbocycles. The maximum atomic E-state index is 9.43. The molecule has 1 unspecified atom stereocenters. The Morgan fingerprint density at radius 2 is 2.10 bits per heavy atom. The van der Waals surface area contributed by atoms with Gasteiger partial charge in [0, 0.05) is 6.20 Å². The van der Waals surface area contributed by atoms with Crippen LogP contribution in [0.5, 0.6) is 5.75 Å². The van der Waals surface area contributed by atoms with Crippen molar-refractivity contribution in [3.63, 3.8) is 0 Å². The van der Waals surface area contributed by atoms with E-state index >= 15 is 0 Å². The highest BCUT2D eigenvalue weighted by molar-refractivity contribution is 5.54. The van der Waals surface area contributed by atoms with Gasteiger partial charge in [-0.1, -0.05) is 29.4 Å². The predicted molar refractivity (Wildman–Crippen MR) is 71.2 cm³/mol. The SMILES string of the molecule is Oc1cncc(-c2nc(C3Cc4ccccc43)no2)c1. The first-order chi connectivity index (χ1) is 9.81. The molecular weight excluding hydrogens is 254 g/mol. The van der Waals surface area contributed by atoms with Gasteiger partial charge < -0.3 is 9.63 Å². The lowest BCUT2D eigenvalue weighted by atomic mass is 9.77. The van der Waals surface area contributed by atoms with E-state index in [-0.39, 0.29) is 11.7 Å². The van der Waals surface area contributed by atoms with Crippen LogP contribution in [0, 0.1) is 0 Å². The number of hydrogen-bond acceptors (Lipinski definition) is 5. The maximum absolute atomic E-state index is 9.43. The number of pyridine rings is 1. The van der Waals surface area contributed by atoms with Crippen LogP contribution in [0.15, 0.2) is 47.2 Å². The number of fused-ring (bicyclic) bond motifs is 1. The topological polar surface area (TPSA) is 72.0 Å². The molecule has 0 radical (unpaired) electrons. The third kappa shape index (κ3) is 1.67. The van der Waals surface area contributed by atoms with Gasteiger partial charge in [-0.05, 0) is 23.6 Å². The van der Waals surface area contributed by atoms with E-state index in [4.69, 9.17) is 4.52 Å². The molecule has 4 rings (SSSR count). The van der Waals surface area contributed by atoms with Crippen molar-refractivity contribution in [2.24, 2.45) is 0 Å². The van der Waals surface area contributed by atoms with Gasteiger partial charge in [0.15, 0.2) is 5.82 Å². The Balaban J connectivity index is 1.67. The zero-order valence-corrected chi connectivity index (χ0v) is 10.5. The van der Waals surface area contributed by atoms with Crippen LogP contribution in [0.3, 0.4) is 0 Å². The highest BCUT2D eigenvalue weighted by atomic mass is 16.5. The molecule has 3 aromatic rings. The van der Waals surface area contributed by atoms with Crippen molar-refractivity contribution in [2.45, 2.75) is 12.3 Å². The smallest absolute Gasteiger partial charge is 0.259 e. The van der Waals surface area contributed by atoms with Crippen molar-refractivity contribution >= 4 is 0 Å². The van der Waals surface area contributed by atoms with Gasteiger partial charge in [0.1, 0.15) is 5.75 Å². The van der Waals surface area contributed by atoms with Gasteiger partial charge in [-0.25, -0.2) is 0 Å². The van der Waals surface area contributed by atoms with Gasteiger partial charge in [-0.3, -0.25) is 4.98 Å². The van der Waals surface area contributed by atoms with E-state index in [0.29, 0.717) is 17.3 Å². The molecule has 2 heterocycles. The Morgan fingerprint density at radius 3 is 2.95 bits per heavy atom. The molecule has 5 heteroatoms. The molecule has 0 bridgehead atoms. The molecule has 0 fully saturated rings. The van der Waals surface area contributed by atoms with Crippen molar-refractivity contribution in [1.82, 2.24) is 15.1 Å². The predicted octanol–water partition coefficient (Wildman–Crippen LogP) is 2.53. The highest BCUT2D eigenvalue weighted by Crippen LogP contribution is 2.39.